The average molecular weight is 373 g/mol. The van der Waals surface area contributed by atoms with Crippen molar-refractivity contribution in [3.05, 3.63) is 0 Å². The van der Waals surface area contributed by atoms with Gasteiger partial charge in [-0.25, -0.2) is 4.79 Å². The van der Waals surface area contributed by atoms with Crippen LogP contribution < -0.4 is 16.4 Å². The molecular weight excluding hydrogens is 340 g/mol. The quantitative estimate of drug-likeness (QED) is 0.689. The molecule has 7 heteroatoms. The molecule has 3 rings (SSSR count). The minimum absolute atomic E-state index is 0. The van der Waals surface area contributed by atoms with Crippen LogP contribution in [-0.2, 0) is 4.79 Å². The zero-order chi connectivity index (χ0) is 17.2. The van der Waals surface area contributed by atoms with Gasteiger partial charge in [-0.05, 0) is 51.4 Å². The maximum absolute atomic E-state index is 12.7. The Balaban J connectivity index is 0.00000225. The molecule has 3 aliphatic rings. The number of nitrogens with two attached hydrogens (primary N) is 1. The summed E-state index contributed by atoms with van der Waals surface area (Å²) in [4.78, 5) is 27.0. The van der Waals surface area contributed by atoms with Gasteiger partial charge in [0.2, 0.25) is 5.91 Å². The summed E-state index contributed by atoms with van der Waals surface area (Å²) >= 11 is 0. The second-order valence-corrected chi connectivity index (χ2v) is 8.10. The number of hydrogen-bond acceptors (Lipinski definition) is 3. The summed E-state index contributed by atoms with van der Waals surface area (Å²) in [6.45, 7) is 3.80. The van der Waals surface area contributed by atoms with Crippen molar-refractivity contribution in [2.45, 2.75) is 69.9 Å². The van der Waals surface area contributed by atoms with Crippen LogP contribution in [-0.4, -0.2) is 48.1 Å². The van der Waals surface area contributed by atoms with E-state index < -0.39 is 0 Å². The number of nitrogens with one attached hydrogen (secondary N) is 2. The number of amides is 3. The predicted octanol–water partition coefficient (Wildman–Crippen LogP) is 2.02. The Hall–Kier alpha value is -1.01. The van der Waals surface area contributed by atoms with Crippen molar-refractivity contribution in [3.8, 4) is 0 Å². The fraction of sp³-hybridized carbons (Fsp3) is 0.889. The molecule has 2 unspecified atom stereocenters. The van der Waals surface area contributed by atoms with Crippen molar-refractivity contribution in [2.75, 3.05) is 19.6 Å². The number of piperidine rings is 1. The highest BCUT2D eigenvalue weighted by molar-refractivity contribution is 5.85. The first kappa shape index (κ1) is 20.3. The Kier molecular flexibility index (Phi) is 6.97. The second-order valence-electron chi connectivity index (χ2n) is 8.10. The zero-order valence-corrected chi connectivity index (χ0v) is 16.1. The average Bonchev–Trinajstić information content (AvgIpc) is 3.34. The fourth-order valence-corrected chi connectivity index (χ4v) is 4.14. The van der Waals surface area contributed by atoms with Gasteiger partial charge in [-0.2, -0.15) is 0 Å². The number of nitrogens with zero attached hydrogens (tertiary/aromatic N) is 1. The third-order valence-electron chi connectivity index (χ3n) is 6.07. The predicted molar refractivity (Wildman–Crippen MR) is 101 cm³/mol. The summed E-state index contributed by atoms with van der Waals surface area (Å²) in [5.41, 5.74) is 5.62. The van der Waals surface area contributed by atoms with Gasteiger partial charge in [0.05, 0.1) is 11.5 Å². The highest BCUT2D eigenvalue weighted by Gasteiger charge is 2.43. The Morgan fingerprint density at radius 1 is 1.12 bits per heavy atom. The van der Waals surface area contributed by atoms with Gasteiger partial charge >= 0.3 is 6.03 Å². The summed E-state index contributed by atoms with van der Waals surface area (Å²) in [7, 11) is 0. The molecule has 0 spiro atoms. The van der Waals surface area contributed by atoms with E-state index in [2.05, 4.69) is 17.6 Å². The van der Waals surface area contributed by atoms with Crippen LogP contribution in [0.15, 0.2) is 0 Å². The van der Waals surface area contributed by atoms with Gasteiger partial charge < -0.3 is 21.3 Å². The van der Waals surface area contributed by atoms with Crippen LogP contribution >= 0.6 is 12.4 Å². The van der Waals surface area contributed by atoms with Gasteiger partial charge in [0, 0.05) is 25.7 Å². The third-order valence-corrected chi connectivity index (χ3v) is 6.07. The lowest BCUT2D eigenvalue weighted by Crippen LogP contribution is -2.57. The Bertz CT molecular complexity index is 480. The van der Waals surface area contributed by atoms with E-state index in [1.807, 2.05) is 4.90 Å². The largest absolute Gasteiger partial charge is 0.349 e. The van der Waals surface area contributed by atoms with Crippen molar-refractivity contribution in [1.82, 2.24) is 15.5 Å². The van der Waals surface area contributed by atoms with Crippen LogP contribution in [0.5, 0.6) is 0 Å². The molecule has 4 N–H and O–H groups in total. The third kappa shape index (κ3) is 5.00. The lowest BCUT2D eigenvalue weighted by atomic mass is 9.92. The van der Waals surface area contributed by atoms with Crippen molar-refractivity contribution >= 4 is 24.3 Å². The molecule has 1 heterocycles. The molecule has 3 amide bonds. The molecule has 0 aromatic rings. The molecule has 0 bridgehead atoms. The summed E-state index contributed by atoms with van der Waals surface area (Å²) in [5.74, 6) is 0.461. The fourth-order valence-electron chi connectivity index (χ4n) is 4.14. The smallest absolute Gasteiger partial charge is 0.317 e. The lowest BCUT2D eigenvalue weighted by Gasteiger charge is -2.36. The van der Waals surface area contributed by atoms with Crippen molar-refractivity contribution in [1.29, 1.82) is 0 Å². The maximum Gasteiger partial charge on any atom is 0.317 e. The van der Waals surface area contributed by atoms with E-state index >= 15 is 0 Å². The summed E-state index contributed by atoms with van der Waals surface area (Å²) in [6.07, 6.45) is 8.61. The van der Waals surface area contributed by atoms with E-state index in [4.69, 9.17) is 5.73 Å². The molecule has 3 fully saturated rings. The number of likely N-dealkylation sites (tertiary alicyclic amines) is 1. The van der Waals surface area contributed by atoms with Crippen LogP contribution in [0.1, 0.15) is 58.3 Å². The Labute approximate surface area is 157 Å². The van der Waals surface area contributed by atoms with E-state index in [1.165, 1.54) is 12.8 Å². The molecule has 144 valence electrons. The SMILES string of the molecule is CC(CN)(NC(=O)C1CCCN(C(=O)NC2CCCC2)C1)C1CC1.Cl. The number of urea groups is 1. The number of hydrogen-bond donors (Lipinski definition) is 3. The topological polar surface area (TPSA) is 87.5 Å². The number of carbonyl (C=O) groups is 2. The van der Waals surface area contributed by atoms with Crippen LogP contribution in [0.3, 0.4) is 0 Å². The first-order valence-electron chi connectivity index (χ1n) is 9.59. The van der Waals surface area contributed by atoms with E-state index in [0.717, 1.165) is 45.1 Å². The van der Waals surface area contributed by atoms with Gasteiger partial charge in [-0.1, -0.05) is 12.8 Å². The van der Waals surface area contributed by atoms with Gasteiger partial charge in [-0.3, -0.25) is 4.79 Å². The van der Waals surface area contributed by atoms with Crippen molar-refractivity contribution in [3.63, 3.8) is 0 Å². The Morgan fingerprint density at radius 2 is 1.80 bits per heavy atom. The van der Waals surface area contributed by atoms with Crippen molar-refractivity contribution in [2.24, 2.45) is 17.6 Å². The molecule has 2 saturated carbocycles. The standard InChI is InChI=1S/C18H32N4O2.ClH/c1-18(12-19,14-8-9-14)21-16(23)13-5-4-10-22(11-13)17(24)20-15-6-2-3-7-15;/h13-15H,2-12,19H2,1H3,(H,20,24)(H,21,23);1H. The van der Waals surface area contributed by atoms with E-state index in [1.54, 1.807) is 0 Å². The van der Waals surface area contributed by atoms with E-state index in [-0.39, 0.29) is 35.8 Å². The summed E-state index contributed by atoms with van der Waals surface area (Å²) < 4.78 is 0. The van der Waals surface area contributed by atoms with Gasteiger partial charge in [0.1, 0.15) is 0 Å². The molecule has 2 atom stereocenters. The van der Waals surface area contributed by atoms with Crippen molar-refractivity contribution < 1.29 is 9.59 Å². The highest BCUT2D eigenvalue weighted by atomic mass is 35.5. The molecule has 1 saturated heterocycles. The molecule has 0 radical (unpaired) electrons. The van der Waals surface area contributed by atoms with Gasteiger partial charge in [0.15, 0.2) is 0 Å². The molecular formula is C18H33ClN4O2. The van der Waals surface area contributed by atoms with Gasteiger partial charge in [-0.15, -0.1) is 12.4 Å². The van der Waals surface area contributed by atoms with Crippen LogP contribution in [0.25, 0.3) is 0 Å². The molecule has 25 heavy (non-hydrogen) atoms. The normalized spacial score (nSPS) is 26.5. The lowest BCUT2D eigenvalue weighted by molar-refractivity contribution is -0.128. The molecule has 1 aliphatic heterocycles. The Morgan fingerprint density at radius 3 is 2.40 bits per heavy atom. The molecule has 6 nitrogen and oxygen atoms in total. The second kappa shape index (κ2) is 8.58. The van der Waals surface area contributed by atoms with Gasteiger partial charge in [0.25, 0.3) is 0 Å². The summed E-state index contributed by atoms with van der Waals surface area (Å²) in [6, 6.07) is 0.324. The zero-order valence-electron chi connectivity index (χ0n) is 15.3. The van der Waals surface area contributed by atoms with E-state index in [9.17, 15) is 9.59 Å². The van der Waals surface area contributed by atoms with E-state index in [0.29, 0.717) is 25.0 Å². The molecule has 2 aliphatic carbocycles. The maximum atomic E-state index is 12.7. The minimum atomic E-state index is -0.286. The first-order chi connectivity index (χ1) is 11.5. The molecule has 0 aromatic heterocycles. The number of carbonyl (C=O) groups excluding carboxylic acids is 2. The highest BCUT2D eigenvalue weighted by Crippen LogP contribution is 2.39. The van der Waals surface area contributed by atoms with Crippen LogP contribution in [0, 0.1) is 11.8 Å². The minimum Gasteiger partial charge on any atom is -0.349 e. The monoisotopic (exact) mass is 372 g/mol. The molecule has 0 aromatic carbocycles. The number of rotatable bonds is 5. The first-order valence-corrected chi connectivity index (χ1v) is 9.59. The summed E-state index contributed by atoms with van der Waals surface area (Å²) in [5, 5.41) is 6.32. The van der Waals surface area contributed by atoms with Crippen LogP contribution in [0.2, 0.25) is 0 Å². The van der Waals surface area contributed by atoms with Crippen LogP contribution in [0.4, 0.5) is 4.79 Å². The number of halogens is 1.